The summed E-state index contributed by atoms with van der Waals surface area (Å²) in [5, 5.41) is 2.37. The van der Waals surface area contributed by atoms with Crippen LogP contribution >= 0.6 is 0 Å². The molecule has 158 valence electrons. The lowest BCUT2D eigenvalue weighted by Crippen LogP contribution is -2.01. The van der Waals surface area contributed by atoms with Gasteiger partial charge in [0.15, 0.2) is 0 Å². The summed E-state index contributed by atoms with van der Waals surface area (Å²) in [6, 6.07) is 30.1. The molecule has 1 unspecified atom stereocenters. The number of rotatable bonds is 2. The fraction of sp³-hybridized carbons (Fsp3) is 0.100. The molecule has 0 fully saturated rings. The molecular formula is C30H23N3. The zero-order valence-corrected chi connectivity index (χ0v) is 18.4. The maximum atomic E-state index is 5.32. The van der Waals surface area contributed by atoms with Gasteiger partial charge in [-0.05, 0) is 48.7 Å². The van der Waals surface area contributed by atoms with E-state index in [1.165, 1.54) is 27.5 Å². The van der Waals surface area contributed by atoms with Crippen LogP contribution < -0.4 is 0 Å². The monoisotopic (exact) mass is 425 g/mol. The van der Waals surface area contributed by atoms with Gasteiger partial charge in [0.05, 0.1) is 33.1 Å². The molecule has 3 heterocycles. The molecule has 3 aromatic carbocycles. The van der Waals surface area contributed by atoms with Gasteiger partial charge in [-0.25, -0.2) is 4.98 Å². The Morgan fingerprint density at radius 2 is 1.30 bits per heavy atom. The zero-order valence-electron chi connectivity index (χ0n) is 18.4. The topological polar surface area (TPSA) is 22.8 Å². The highest BCUT2D eigenvalue weighted by molar-refractivity contribution is 6.15. The molecule has 0 saturated carbocycles. The van der Waals surface area contributed by atoms with Crippen molar-refractivity contribution < 1.29 is 0 Å². The number of fused-ring (bicyclic) bond motifs is 6. The molecule has 0 bridgehead atoms. The summed E-state index contributed by atoms with van der Waals surface area (Å²) in [6.07, 6.45) is 7.98. The fourth-order valence-electron chi connectivity index (χ4n) is 5.24. The van der Waals surface area contributed by atoms with Gasteiger partial charge in [-0.1, -0.05) is 73.7 Å². The van der Waals surface area contributed by atoms with Crippen molar-refractivity contribution in [2.45, 2.75) is 13.3 Å². The van der Waals surface area contributed by atoms with E-state index in [0.717, 1.165) is 34.2 Å². The van der Waals surface area contributed by atoms with Crippen molar-refractivity contribution in [1.29, 1.82) is 0 Å². The molecule has 0 spiro atoms. The van der Waals surface area contributed by atoms with Crippen molar-refractivity contribution in [3.63, 3.8) is 0 Å². The molecule has 0 amide bonds. The molecule has 0 aliphatic heterocycles. The van der Waals surface area contributed by atoms with Gasteiger partial charge >= 0.3 is 0 Å². The minimum atomic E-state index is 0.576. The summed E-state index contributed by atoms with van der Waals surface area (Å²) >= 11 is 0. The molecule has 7 rings (SSSR count). The maximum Gasteiger partial charge on any atom is 0.0972 e. The third-order valence-electron chi connectivity index (χ3n) is 6.83. The molecule has 1 aliphatic carbocycles. The molecule has 0 N–H and O–H groups in total. The lowest BCUT2D eigenvalue weighted by Gasteiger charge is -2.15. The van der Waals surface area contributed by atoms with Gasteiger partial charge in [0.2, 0.25) is 0 Å². The van der Waals surface area contributed by atoms with Crippen LogP contribution in [0.15, 0.2) is 103 Å². The van der Waals surface area contributed by atoms with Crippen molar-refractivity contribution in [3.05, 3.63) is 103 Å². The molecule has 0 saturated heterocycles. The van der Waals surface area contributed by atoms with E-state index in [2.05, 4.69) is 119 Å². The number of para-hydroxylation sites is 3. The van der Waals surface area contributed by atoms with E-state index in [1.807, 2.05) is 0 Å². The highest BCUT2D eigenvalue weighted by atomic mass is 15.0. The average Bonchev–Trinajstić information content (AvgIpc) is 3.36. The maximum absolute atomic E-state index is 5.32. The Morgan fingerprint density at radius 1 is 0.697 bits per heavy atom. The summed E-state index contributed by atoms with van der Waals surface area (Å²) in [5.41, 5.74) is 9.14. The number of nitrogens with zero attached hydrogens (tertiary/aromatic N) is 3. The number of hydrogen-bond acceptors (Lipinski definition) is 1. The van der Waals surface area contributed by atoms with E-state index in [0.29, 0.717) is 5.92 Å². The molecule has 3 heteroatoms. The standard InChI is InChI=1S/C30H23N3/c1-20-15-17-22(18-16-20)33-26-14-8-6-12-24(26)30-28(33)19-27-29(31-30)23-11-5-7-13-25(23)32(27)21-9-3-2-4-10-21/h2-15,17-20H,16H2,1H3. The van der Waals surface area contributed by atoms with Gasteiger partial charge < -0.3 is 9.13 Å². The lowest BCUT2D eigenvalue weighted by molar-refractivity contribution is 0.735. The van der Waals surface area contributed by atoms with Crippen molar-refractivity contribution in [2.24, 2.45) is 5.92 Å². The Bertz CT molecular complexity index is 1750. The summed E-state index contributed by atoms with van der Waals surface area (Å²) in [5.74, 6) is 0.576. The quantitative estimate of drug-likeness (QED) is 0.278. The third kappa shape index (κ3) is 2.66. The van der Waals surface area contributed by atoms with Crippen molar-refractivity contribution >= 4 is 49.6 Å². The molecule has 0 radical (unpaired) electrons. The largest absolute Gasteiger partial charge is 0.308 e. The van der Waals surface area contributed by atoms with Gasteiger partial charge in [-0.15, -0.1) is 0 Å². The third-order valence-corrected chi connectivity index (χ3v) is 6.83. The Balaban J connectivity index is 1.66. The van der Waals surface area contributed by atoms with Crippen LogP contribution in [0.5, 0.6) is 0 Å². The second kappa shape index (κ2) is 6.94. The first-order valence-electron chi connectivity index (χ1n) is 11.6. The van der Waals surface area contributed by atoms with E-state index in [4.69, 9.17) is 4.98 Å². The highest BCUT2D eigenvalue weighted by Gasteiger charge is 2.20. The van der Waals surface area contributed by atoms with Crippen LogP contribution in [-0.2, 0) is 0 Å². The highest BCUT2D eigenvalue weighted by Crippen LogP contribution is 2.38. The van der Waals surface area contributed by atoms with Crippen LogP contribution in [0.25, 0.3) is 55.3 Å². The molecule has 33 heavy (non-hydrogen) atoms. The van der Waals surface area contributed by atoms with E-state index in [9.17, 15) is 0 Å². The fourth-order valence-corrected chi connectivity index (χ4v) is 5.24. The van der Waals surface area contributed by atoms with Gasteiger partial charge in [0.1, 0.15) is 0 Å². The zero-order chi connectivity index (χ0) is 21.9. The van der Waals surface area contributed by atoms with Gasteiger partial charge in [0.25, 0.3) is 0 Å². The lowest BCUT2D eigenvalue weighted by atomic mass is 10.0. The second-order valence-corrected chi connectivity index (χ2v) is 8.97. The number of pyridine rings is 1. The Morgan fingerprint density at radius 3 is 1.97 bits per heavy atom. The van der Waals surface area contributed by atoms with Crippen molar-refractivity contribution in [2.75, 3.05) is 0 Å². The predicted molar refractivity (Wildman–Crippen MR) is 139 cm³/mol. The summed E-state index contributed by atoms with van der Waals surface area (Å²) < 4.78 is 4.72. The molecule has 6 aromatic rings. The number of hydrogen-bond donors (Lipinski definition) is 0. The minimum absolute atomic E-state index is 0.576. The summed E-state index contributed by atoms with van der Waals surface area (Å²) in [4.78, 5) is 5.32. The van der Waals surface area contributed by atoms with Gasteiger partial charge in [-0.2, -0.15) is 0 Å². The first-order valence-corrected chi connectivity index (χ1v) is 11.6. The molecular weight excluding hydrogens is 402 g/mol. The van der Waals surface area contributed by atoms with Crippen molar-refractivity contribution in [3.8, 4) is 5.69 Å². The first kappa shape index (κ1) is 18.5. The van der Waals surface area contributed by atoms with E-state index >= 15 is 0 Å². The van der Waals surface area contributed by atoms with Crippen molar-refractivity contribution in [1.82, 2.24) is 14.1 Å². The minimum Gasteiger partial charge on any atom is -0.308 e. The average molecular weight is 426 g/mol. The van der Waals surface area contributed by atoms with Gasteiger partial charge in [0, 0.05) is 22.2 Å². The number of aromatic nitrogens is 3. The van der Waals surface area contributed by atoms with Crippen LogP contribution in [0, 0.1) is 5.92 Å². The number of allylic oxidation sites excluding steroid dienone is 4. The predicted octanol–water partition coefficient (Wildman–Crippen LogP) is 7.72. The van der Waals surface area contributed by atoms with Crippen LogP contribution in [0.1, 0.15) is 13.3 Å². The van der Waals surface area contributed by atoms with Crippen LogP contribution in [0.4, 0.5) is 0 Å². The van der Waals surface area contributed by atoms with E-state index in [-0.39, 0.29) is 0 Å². The van der Waals surface area contributed by atoms with E-state index in [1.54, 1.807) is 0 Å². The smallest absolute Gasteiger partial charge is 0.0972 e. The van der Waals surface area contributed by atoms with Gasteiger partial charge in [-0.3, -0.25) is 0 Å². The number of benzene rings is 3. The Kier molecular flexibility index (Phi) is 3.88. The molecule has 1 aliphatic rings. The Labute approximate surface area is 191 Å². The molecule has 1 atom stereocenters. The Hall–Kier alpha value is -4.11. The van der Waals surface area contributed by atoms with E-state index < -0.39 is 0 Å². The second-order valence-electron chi connectivity index (χ2n) is 8.97. The van der Waals surface area contributed by atoms with Crippen LogP contribution in [0.2, 0.25) is 0 Å². The SMILES string of the molecule is CC1C=CC(n2c3ccccc3c3nc4c5ccccc5n(-c5ccccc5)c4cc32)=CC1. The normalized spacial score (nSPS) is 16.3. The summed E-state index contributed by atoms with van der Waals surface area (Å²) in [7, 11) is 0. The van der Waals surface area contributed by atoms with Crippen LogP contribution in [0.3, 0.4) is 0 Å². The van der Waals surface area contributed by atoms with Crippen LogP contribution in [-0.4, -0.2) is 14.1 Å². The summed E-state index contributed by atoms with van der Waals surface area (Å²) in [6.45, 7) is 2.26. The molecule has 3 nitrogen and oxygen atoms in total. The molecule has 3 aromatic heterocycles. The first-order chi connectivity index (χ1) is 16.3.